The molecule has 1 aromatic rings. The third-order valence-corrected chi connectivity index (χ3v) is 5.12. The SMILES string of the molecule is CCOC(=O)C1=C(C)NC(C)=C(C(=O)OCC)C1C(=O)OCc1cc(C(C)=O)ccc1OCC. The molecular formula is C25H31NO8. The van der Waals surface area contributed by atoms with Crippen LogP contribution in [0.2, 0.25) is 0 Å². The third kappa shape index (κ3) is 6.03. The number of hydrogen-bond acceptors (Lipinski definition) is 9. The molecule has 0 aliphatic carbocycles. The lowest BCUT2D eigenvalue weighted by molar-refractivity contribution is -0.152. The van der Waals surface area contributed by atoms with Crippen molar-refractivity contribution in [3.63, 3.8) is 0 Å². The number of esters is 3. The van der Waals surface area contributed by atoms with Crippen LogP contribution >= 0.6 is 0 Å². The van der Waals surface area contributed by atoms with Crippen LogP contribution < -0.4 is 10.1 Å². The van der Waals surface area contributed by atoms with Crippen LogP contribution in [0.25, 0.3) is 0 Å². The highest BCUT2D eigenvalue weighted by Crippen LogP contribution is 2.33. The number of hydrogen-bond donors (Lipinski definition) is 1. The molecule has 34 heavy (non-hydrogen) atoms. The lowest BCUT2D eigenvalue weighted by atomic mass is 9.85. The van der Waals surface area contributed by atoms with Gasteiger partial charge in [-0.25, -0.2) is 9.59 Å². The summed E-state index contributed by atoms with van der Waals surface area (Å²) in [5.41, 5.74) is 1.61. The highest BCUT2D eigenvalue weighted by molar-refractivity contribution is 6.05. The molecule has 0 atom stereocenters. The summed E-state index contributed by atoms with van der Waals surface area (Å²) in [6, 6.07) is 4.85. The fourth-order valence-corrected chi connectivity index (χ4v) is 3.63. The Hall–Kier alpha value is -3.62. The van der Waals surface area contributed by atoms with Crippen LogP contribution in [-0.2, 0) is 35.2 Å². The summed E-state index contributed by atoms with van der Waals surface area (Å²) in [4.78, 5) is 50.6. The van der Waals surface area contributed by atoms with Crippen LogP contribution in [-0.4, -0.2) is 43.5 Å². The van der Waals surface area contributed by atoms with Crippen LogP contribution in [0.3, 0.4) is 0 Å². The van der Waals surface area contributed by atoms with E-state index in [0.717, 1.165) is 0 Å². The van der Waals surface area contributed by atoms with Gasteiger partial charge < -0.3 is 24.3 Å². The minimum absolute atomic E-state index is 0.0250. The van der Waals surface area contributed by atoms with Crippen LogP contribution in [0.15, 0.2) is 40.7 Å². The molecule has 184 valence electrons. The highest BCUT2D eigenvalue weighted by atomic mass is 16.5. The minimum atomic E-state index is -1.34. The highest BCUT2D eigenvalue weighted by Gasteiger charge is 2.42. The van der Waals surface area contributed by atoms with Gasteiger partial charge in [0.25, 0.3) is 0 Å². The van der Waals surface area contributed by atoms with E-state index in [0.29, 0.717) is 34.9 Å². The summed E-state index contributed by atoms with van der Waals surface area (Å²) >= 11 is 0. The first-order valence-electron chi connectivity index (χ1n) is 11.1. The molecular weight excluding hydrogens is 442 g/mol. The summed E-state index contributed by atoms with van der Waals surface area (Å²) in [5, 5.41) is 2.95. The molecule has 0 unspecified atom stereocenters. The number of carbonyl (C=O) groups excluding carboxylic acids is 4. The average Bonchev–Trinajstić information content (AvgIpc) is 2.77. The lowest BCUT2D eigenvalue weighted by Gasteiger charge is -2.28. The van der Waals surface area contributed by atoms with Crippen molar-refractivity contribution >= 4 is 23.7 Å². The molecule has 1 N–H and O–H groups in total. The number of dihydropyridines is 1. The molecule has 1 aliphatic heterocycles. The topological polar surface area (TPSA) is 117 Å². The fraction of sp³-hybridized carbons (Fsp3) is 0.440. The largest absolute Gasteiger partial charge is 0.493 e. The smallest absolute Gasteiger partial charge is 0.337 e. The van der Waals surface area contributed by atoms with Crippen molar-refractivity contribution in [1.82, 2.24) is 5.32 Å². The molecule has 0 bridgehead atoms. The van der Waals surface area contributed by atoms with Gasteiger partial charge in [0.2, 0.25) is 0 Å². The third-order valence-electron chi connectivity index (χ3n) is 5.12. The Morgan fingerprint density at radius 1 is 0.853 bits per heavy atom. The zero-order chi connectivity index (χ0) is 25.4. The van der Waals surface area contributed by atoms with E-state index in [1.54, 1.807) is 45.9 Å². The maximum absolute atomic E-state index is 13.3. The summed E-state index contributed by atoms with van der Waals surface area (Å²) < 4.78 is 21.4. The summed E-state index contributed by atoms with van der Waals surface area (Å²) in [6.45, 7) is 10.1. The number of Topliss-reactive ketones (excluding diaryl/α,β-unsaturated/α-hetero) is 1. The summed E-state index contributed by atoms with van der Waals surface area (Å²) in [6.07, 6.45) is 0. The number of allylic oxidation sites excluding steroid dienone is 2. The molecule has 0 aromatic heterocycles. The van der Waals surface area contributed by atoms with Gasteiger partial charge in [0, 0.05) is 22.5 Å². The van der Waals surface area contributed by atoms with Crippen LogP contribution in [0.1, 0.15) is 57.5 Å². The van der Waals surface area contributed by atoms with E-state index in [1.807, 2.05) is 6.92 Å². The molecule has 0 amide bonds. The number of rotatable bonds is 10. The molecule has 0 radical (unpaired) electrons. The lowest BCUT2D eigenvalue weighted by Crippen LogP contribution is -2.38. The van der Waals surface area contributed by atoms with Gasteiger partial charge in [-0.3, -0.25) is 9.59 Å². The maximum Gasteiger partial charge on any atom is 0.337 e. The number of carbonyl (C=O) groups is 4. The van der Waals surface area contributed by atoms with Gasteiger partial charge in [0.1, 0.15) is 18.3 Å². The molecule has 9 nitrogen and oxygen atoms in total. The van der Waals surface area contributed by atoms with E-state index in [1.165, 1.54) is 6.92 Å². The molecule has 1 aliphatic rings. The monoisotopic (exact) mass is 473 g/mol. The van der Waals surface area contributed by atoms with E-state index >= 15 is 0 Å². The van der Waals surface area contributed by atoms with Gasteiger partial charge in [0.15, 0.2) is 5.78 Å². The molecule has 1 aromatic carbocycles. The van der Waals surface area contributed by atoms with E-state index in [9.17, 15) is 19.2 Å². The predicted molar refractivity (Wildman–Crippen MR) is 123 cm³/mol. The number of nitrogens with one attached hydrogen (secondary N) is 1. The molecule has 0 saturated carbocycles. The average molecular weight is 474 g/mol. The second-order valence-electron chi connectivity index (χ2n) is 7.50. The predicted octanol–water partition coefficient (Wildman–Crippen LogP) is 3.22. The van der Waals surface area contributed by atoms with Gasteiger partial charge in [0.05, 0.1) is 31.0 Å². The molecule has 0 spiro atoms. The van der Waals surface area contributed by atoms with Crippen molar-refractivity contribution in [1.29, 1.82) is 0 Å². The molecule has 0 fully saturated rings. The Balaban J connectivity index is 2.45. The van der Waals surface area contributed by atoms with E-state index < -0.39 is 23.8 Å². The zero-order valence-electron chi connectivity index (χ0n) is 20.4. The second kappa shape index (κ2) is 12.0. The van der Waals surface area contributed by atoms with Crippen molar-refractivity contribution in [3.8, 4) is 5.75 Å². The van der Waals surface area contributed by atoms with Crippen LogP contribution in [0, 0.1) is 5.92 Å². The number of benzene rings is 1. The normalized spacial score (nSPS) is 13.8. The first-order chi connectivity index (χ1) is 16.2. The van der Waals surface area contributed by atoms with Crippen molar-refractivity contribution in [2.75, 3.05) is 19.8 Å². The Bertz CT molecular complexity index is 997. The van der Waals surface area contributed by atoms with Gasteiger partial charge >= 0.3 is 17.9 Å². The Morgan fingerprint density at radius 2 is 1.41 bits per heavy atom. The van der Waals surface area contributed by atoms with Gasteiger partial charge in [-0.15, -0.1) is 0 Å². The van der Waals surface area contributed by atoms with Gasteiger partial charge in [-0.1, -0.05) is 0 Å². The number of ketones is 1. The van der Waals surface area contributed by atoms with Crippen molar-refractivity contribution in [2.45, 2.75) is 48.1 Å². The molecule has 1 heterocycles. The quantitative estimate of drug-likeness (QED) is 0.310. The minimum Gasteiger partial charge on any atom is -0.493 e. The first-order valence-corrected chi connectivity index (χ1v) is 11.1. The molecule has 2 rings (SSSR count). The van der Waals surface area contributed by atoms with Crippen LogP contribution in [0.5, 0.6) is 5.75 Å². The Morgan fingerprint density at radius 3 is 1.88 bits per heavy atom. The zero-order valence-corrected chi connectivity index (χ0v) is 20.4. The number of ether oxygens (including phenoxy) is 4. The molecule has 9 heteroatoms. The van der Waals surface area contributed by atoms with E-state index in [2.05, 4.69) is 5.32 Å². The van der Waals surface area contributed by atoms with Crippen molar-refractivity contribution in [2.24, 2.45) is 5.92 Å². The maximum atomic E-state index is 13.3. The Kier molecular flexibility index (Phi) is 9.41. The fourth-order valence-electron chi connectivity index (χ4n) is 3.63. The molecule has 0 saturated heterocycles. The van der Waals surface area contributed by atoms with E-state index in [4.69, 9.17) is 18.9 Å². The van der Waals surface area contributed by atoms with Gasteiger partial charge in [-0.05, 0) is 59.7 Å². The first kappa shape index (κ1) is 26.6. The van der Waals surface area contributed by atoms with Crippen LogP contribution in [0.4, 0.5) is 0 Å². The standard InChI is InChI=1S/C25H31NO8/c1-7-31-19-11-10-17(16(6)27)12-18(19)13-34-25(30)22-20(23(28)32-8-2)14(4)26-15(5)21(22)24(29)33-9-3/h10-12,22,26H,7-9,13H2,1-6H3. The second-order valence-corrected chi connectivity index (χ2v) is 7.50. The van der Waals surface area contributed by atoms with Crippen molar-refractivity contribution in [3.05, 3.63) is 51.9 Å². The summed E-state index contributed by atoms with van der Waals surface area (Å²) in [7, 11) is 0. The van der Waals surface area contributed by atoms with E-state index in [-0.39, 0.29) is 36.8 Å². The Labute approximate surface area is 199 Å². The van der Waals surface area contributed by atoms with Crippen molar-refractivity contribution < 1.29 is 38.1 Å². The summed E-state index contributed by atoms with van der Waals surface area (Å²) in [5.74, 6) is -3.34. The van der Waals surface area contributed by atoms with Gasteiger partial charge in [-0.2, -0.15) is 0 Å².